The van der Waals surface area contributed by atoms with Gasteiger partial charge in [0.05, 0.1) is 21.9 Å². The SMILES string of the molecule is O=C(Nc1nc(CC(=O)N2CCN(c3ccccc3[N+](=O)[O-])CC2)cs1)c1cccs1. The van der Waals surface area contributed by atoms with Gasteiger partial charge in [-0.05, 0) is 17.5 Å². The van der Waals surface area contributed by atoms with E-state index in [1.807, 2.05) is 10.3 Å². The van der Waals surface area contributed by atoms with Crippen molar-refractivity contribution in [3.05, 3.63) is 67.8 Å². The molecule has 0 bridgehead atoms. The van der Waals surface area contributed by atoms with E-state index >= 15 is 0 Å². The predicted molar refractivity (Wildman–Crippen MR) is 120 cm³/mol. The molecule has 2 amide bonds. The number of carbonyl (C=O) groups excluding carboxylic acids is 2. The number of nitrogens with one attached hydrogen (secondary N) is 1. The third kappa shape index (κ3) is 4.89. The van der Waals surface area contributed by atoms with Crippen LogP contribution in [0, 0.1) is 10.1 Å². The number of amides is 2. The summed E-state index contributed by atoms with van der Waals surface area (Å²) in [5, 5.41) is 18.1. The van der Waals surface area contributed by atoms with Gasteiger partial charge < -0.3 is 9.80 Å². The Labute approximate surface area is 186 Å². The third-order valence-corrected chi connectivity index (χ3v) is 6.58. The van der Waals surface area contributed by atoms with E-state index in [2.05, 4.69) is 10.3 Å². The number of rotatable bonds is 6. The quantitative estimate of drug-likeness (QED) is 0.450. The number of aromatic nitrogens is 1. The molecule has 1 saturated heterocycles. The Morgan fingerprint density at radius 2 is 1.87 bits per heavy atom. The first-order valence-corrected chi connectivity index (χ1v) is 11.3. The number of benzene rings is 1. The molecule has 31 heavy (non-hydrogen) atoms. The van der Waals surface area contributed by atoms with Crippen LogP contribution in [-0.2, 0) is 11.2 Å². The molecule has 11 heteroatoms. The van der Waals surface area contributed by atoms with Crippen molar-refractivity contribution >= 4 is 51.0 Å². The van der Waals surface area contributed by atoms with Crippen molar-refractivity contribution in [3.8, 4) is 0 Å². The zero-order valence-electron chi connectivity index (χ0n) is 16.4. The maximum Gasteiger partial charge on any atom is 0.292 e. The van der Waals surface area contributed by atoms with E-state index in [1.54, 1.807) is 40.6 Å². The highest BCUT2D eigenvalue weighted by Crippen LogP contribution is 2.28. The highest BCUT2D eigenvalue weighted by Gasteiger charge is 2.26. The summed E-state index contributed by atoms with van der Waals surface area (Å²) in [5.41, 5.74) is 1.25. The summed E-state index contributed by atoms with van der Waals surface area (Å²) in [6, 6.07) is 10.2. The smallest absolute Gasteiger partial charge is 0.292 e. The van der Waals surface area contributed by atoms with Crippen LogP contribution in [0.2, 0.25) is 0 Å². The van der Waals surface area contributed by atoms with Crippen LogP contribution >= 0.6 is 22.7 Å². The molecule has 0 radical (unpaired) electrons. The van der Waals surface area contributed by atoms with Crippen LogP contribution in [0.3, 0.4) is 0 Å². The average Bonchev–Trinajstić information content (AvgIpc) is 3.46. The summed E-state index contributed by atoms with van der Waals surface area (Å²) in [7, 11) is 0. The molecular weight excluding hydrogens is 438 g/mol. The van der Waals surface area contributed by atoms with Crippen molar-refractivity contribution in [3.63, 3.8) is 0 Å². The molecule has 0 unspecified atom stereocenters. The second-order valence-electron chi connectivity index (χ2n) is 6.87. The maximum atomic E-state index is 12.7. The minimum atomic E-state index is -0.385. The molecule has 3 heterocycles. The van der Waals surface area contributed by atoms with E-state index in [0.29, 0.717) is 47.6 Å². The second-order valence-corrected chi connectivity index (χ2v) is 8.67. The molecule has 1 aliphatic heterocycles. The topological polar surface area (TPSA) is 109 Å². The van der Waals surface area contributed by atoms with Gasteiger partial charge in [-0.15, -0.1) is 22.7 Å². The Kier molecular flexibility index (Phi) is 6.23. The molecule has 4 rings (SSSR count). The fourth-order valence-corrected chi connectivity index (χ4v) is 4.69. The van der Waals surface area contributed by atoms with Crippen LogP contribution in [-0.4, -0.2) is 52.8 Å². The number of anilines is 2. The van der Waals surface area contributed by atoms with Gasteiger partial charge in [-0.3, -0.25) is 25.0 Å². The highest BCUT2D eigenvalue weighted by molar-refractivity contribution is 7.14. The zero-order valence-corrected chi connectivity index (χ0v) is 18.0. The third-order valence-electron chi connectivity index (χ3n) is 4.90. The van der Waals surface area contributed by atoms with Crippen molar-refractivity contribution in [1.82, 2.24) is 9.88 Å². The molecule has 0 atom stereocenters. The highest BCUT2D eigenvalue weighted by atomic mass is 32.1. The maximum absolute atomic E-state index is 12.7. The Morgan fingerprint density at radius 3 is 2.58 bits per heavy atom. The average molecular weight is 458 g/mol. The lowest BCUT2D eigenvalue weighted by Crippen LogP contribution is -2.49. The van der Waals surface area contributed by atoms with Gasteiger partial charge in [0.2, 0.25) is 5.91 Å². The number of hydrogen-bond donors (Lipinski definition) is 1. The number of nitro benzene ring substituents is 1. The number of para-hydroxylation sites is 2. The van der Waals surface area contributed by atoms with Crippen molar-refractivity contribution in [1.29, 1.82) is 0 Å². The molecule has 1 N–H and O–H groups in total. The summed E-state index contributed by atoms with van der Waals surface area (Å²) >= 11 is 2.63. The molecule has 1 aliphatic rings. The van der Waals surface area contributed by atoms with Gasteiger partial charge >= 0.3 is 0 Å². The molecule has 1 aromatic carbocycles. The van der Waals surface area contributed by atoms with E-state index in [1.165, 1.54) is 28.7 Å². The first-order chi connectivity index (χ1) is 15.0. The number of thiazole rings is 1. The predicted octanol–water partition coefficient (Wildman–Crippen LogP) is 3.26. The molecule has 0 saturated carbocycles. The van der Waals surface area contributed by atoms with Gasteiger partial charge in [-0.25, -0.2) is 4.98 Å². The normalized spacial score (nSPS) is 13.8. The van der Waals surface area contributed by atoms with Gasteiger partial charge in [0.1, 0.15) is 5.69 Å². The Hall–Kier alpha value is -3.31. The molecule has 0 aliphatic carbocycles. The minimum Gasteiger partial charge on any atom is -0.362 e. The monoisotopic (exact) mass is 457 g/mol. The Bertz CT molecular complexity index is 1090. The van der Waals surface area contributed by atoms with Crippen molar-refractivity contribution in [2.24, 2.45) is 0 Å². The summed E-state index contributed by atoms with van der Waals surface area (Å²) in [5.74, 6) is -0.267. The number of thiophene rings is 1. The summed E-state index contributed by atoms with van der Waals surface area (Å²) in [6.45, 7) is 2.01. The Balaban J connectivity index is 1.31. The number of piperazine rings is 1. The van der Waals surface area contributed by atoms with Gasteiger partial charge in [0.25, 0.3) is 11.6 Å². The molecular formula is C20H19N5O4S2. The molecule has 9 nitrogen and oxygen atoms in total. The molecule has 2 aromatic heterocycles. The van der Waals surface area contributed by atoms with Crippen molar-refractivity contribution in [2.75, 3.05) is 36.4 Å². The molecule has 3 aromatic rings. The zero-order chi connectivity index (χ0) is 21.8. The van der Waals surface area contributed by atoms with E-state index in [4.69, 9.17) is 0 Å². The fourth-order valence-electron chi connectivity index (χ4n) is 3.36. The summed E-state index contributed by atoms with van der Waals surface area (Å²) in [4.78, 5) is 44.3. The summed E-state index contributed by atoms with van der Waals surface area (Å²) in [6.07, 6.45) is 0.150. The van der Waals surface area contributed by atoms with E-state index < -0.39 is 0 Å². The number of nitro groups is 1. The first-order valence-electron chi connectivity index (χ1n) is 9.56. The molecule has 0 spiro atoms. The van der Waals surface area contributed by atoms with Gasteiger partial charge in [-0.2, -0.15) is 0 Å². The summed E-state index contributed by atoms with van der Waals surface area (Å²) < 4.78 is 0. The van der Waals surface area contributed by atoms with Gasteiger partial charge in [0.15, 0.2) is 5.13 Å². The Morgan fingerprint density at radius 1 is 1.10 bits per heavy atom. The minimum absolute atomic E-state index is 0.0522. The number of carbonyl (C=O) groups is 2. The van der Waals surface area contributed by atoms with Crippen LogP contribution < -0.4 is 10.2 Å². The van der Waals surface area contributed by atoms with E-state index in [0.717, 1.165) is 0 Å². The van der Waals surface area contributed by atoms with E-state index in [9.17, 15) is 19.7 Å². The van der Waals surface area contributed by atoms with Crippen LogP contribution in [0.4, 0.5) is 16.5 Å². The van der Waals surface area contributed by atoms with Gasteiger partial charge in [-0.1, -0.05) is 18.2 Å². The largest absolute Gasteiger partial charge is 0.362 e. The standard InChI is InChI=1S/C20H19N5O4S2/c26-18(12-14-13-31-20(21-14)22-19(27)17-6-3-11-30-17)24-9-7-23(8-10-24)15-4-1-2-5-16(15)25(28)29/h1-6,11,13H,7-10,12H2,(H,21,22,27). The van der Waals surface area contributed by atoms with E-state index in [-0.39, 0.29) is 28.8 Å². The number of hydrogen-bond acceptors (Lipinski definition) is 8. The van der Waals surface area contributed by atoms with Gasteiger partial charge in [0, 0.05) is 37.6 Å². The lowest BCUT2D eigenvalue weighted by Gasteiger charge is -2.35. The fraction of sp³-hybridized carbons (Fsp3) is 0.250. The molecule has 160 valence electrons. The van der Waals surface area contributed by atoms with Crippen LogP contribution in [0.1, 0.15) is 15.4 Å². The first kappa shape index (κ1) is 20.9. The van der Waals surface area contributed by atoms with Crippen molar-refractivity contribution < 1.29 is 14.5 Å². The van der Waals surface area contributed by atoms with Crippen LogP contribution in [0.5, 0.6) is 0 Å². The van der Waals surface area contributed by atoms with Crippen LogP contribution in [0.15, 0.2) is 47.2 Å². The van der Waals surface area contributed by atoms with Crippen molar-refractivity contribution in [2.45, 2.75) is 6.42 Å². The second kappa shape index (κ2) is 9.23. The molecule has 1 fully saturated rings. The van der Waals surface area contributed by atoms with Crippen LogP contribution in [0.25, 0.3) is 0 Å². The lowest BCUT2D eigenvalue weighted by molar-refractivity contribution is -0.384. The number of nitrogens with zero attached hydrogens (tertiary/aromatic N) is 4. The lowest BCUT2D eigenvalue weighted by atomic mass is 10.2.